The molecule has 0 atom stereocenters. The van der Waals surface area contributed by atoms with Gasteiger partial charge in [0.05, 0.1) is 0 Å². The molecule has 0 unspecified atom stereocenters. The molecule has 1 amide bonds. The first-order valence-corrected chi connectivity index (χ1v) is 7.04. The van der Waals surface area contributed by atoms with E-state index in [9.17, 15) is 4.79 Å². The Kier molecular flexibility index (Phi) is 6.16. The SMILES string of the molecule is CCN(C)CCNC(=O)c1cc(Br)cc(Br)c1. The maximum absolute atomic E-state index is 11.8. The molecule has 1 aromatic rings. The van der Waals surface area contributed by atoms with Crippen LogP contribution in [0.1, 0.15) is 17.3 Å². The number of likely N-dealkylation sites (N-methyl/N-ethyl adjacent to an activating group) is 1. The highest BCUT2D eigenvalue weighted by molar-refractivity contribution is 9.11. The van der Waals surface area contributed by atoms with E-state index in [2.05, 4.69) is 49.0 Å². The lowest BCUT2D eigenvalue weighted by atomic mass is 10.2. The summed E-state index contributed by atoms with van der Waals surface area (Å²) < 4.78 is 1.78. The second-order valence-corrected chi connectivity index (χ2v) is 5.64. The Morgan fingerprint density at radius 1 is 1.29 bits per heavy atom. The van der Waals surface area contributed by atoms with Gasteiger partial charge in [-0.05, 0) is 31.8 Å². The van der Waals surface area contributed by atoms with Gasteiger partial charge in [-0.25, -0.2) is 0 Å². The molecule has 0 saturated heterocycles. The lowest BCUT2D eigenvalue weighted by Gasteiger charge is -2.14. The molecular weight excluding hydrogens is 348 g/mol. The van der Waals surface area contributed by atoms with Crippen LogP contribution in [0.2, 0.25) is 0 Å². The Morgan fingerprint density at radius 2 is 1.88 bits per heavy atom. The van der Waals surface area contributed by atoms with Crippen LogP contribution in [-0.2, 0) is 0 Å². The standard InChI is InChI=1S/C12H16Br2N2O/c1-3-16(2)5-4-15-12(17)9-6-10(13)8-11(14)7-9/h6-8H,3-5H2,1-2H3,(H,15,17). The van der Waals surface area contributed by atoms with E-state index >= 15 is 0 Å². The second-order valence-electron chi connectivity index (χ2n) is 3.81. The number of carbonyl (C=O) groups is 1. The van der Waals surface area contributed by atoms with Crippen LogP contribution in [0.3, 0.4) is 0 Å². The van der Waals surface area contributed by atoms with Gasteiger partial charge < -0.3 is 10.2 Å². The molecule has 94 valence electrons. The maximum atomic E-state index is 11.8. The molecule has 1 N–H and O–H groups in total. The first-order chi connectivity index (χ1) is 8.02. The van der Waals surface area contributed by atoms with Crippen molar-refractivity contribution in [2.75, 3.05) is 26.7 Å². The van der Waals surface area contributed by atoms with E-state index < -0.39 is 0 Å². The van der Waals surface area contributed by atoms with Gasteiger partial charge in [0, 0.05) is 27.6 Å². The Balaban J connectivity index is 2.52. The Labute approximate surface area is 119 Å². The number of hydrogen-bond acceptors (Lipinski definition) is 2. The zero-order valence-corrected chi connectivity index (χ0v) is 13.1. The lowest BCUT2D eigenvalue weighted by molar-refractivity contribution is 0.0950. The minimum atomic E-state index is -0.0449. The van der Waals surface area contributed by atoms with Gasteiger partial charge in [0.2, 0.25) is 0 Å². The van der Waals surface area contributed by atoms with Gasteiger partial charge in [0.25, 0.3) is 5.91 Å². The number of halogens is 2. The fourth-order valence-corrected chi connectivity index (χ4v) is 2.60. The number of amides is 1. The normalized spacial score (nSPS) is 10.6. The fraction of sp³-hybridized carbons (Fsp3) is 0.417. The van der Waals surface area contributed by atoms with Gasteiger partial charge in [0.1, 0.15) is 0 Å². The van der Waals surface area contributed by atoms with Crippen LogP contribution >= 0.6 is 31.9 Å². The quantitative estimate of drug-likeness (QED) is 0.872. The highest BCUT2D eigenvalue weighted by Gasteiger charge is 2.07. The summed E-state index contributed by atoms with van der Waals surface area (Å²) in [4.78, 5) is 14.0. The molecular formula is C12H16Br2N2O. The molecule has 0 heterocycles. The third-order valence-corrected chi connectivity index (χ3v) is 3.36. The summed E-state index contributed by atoms with van der Waals surface area (Å²) in [5.41, 5.74) is 0.658. The van der Waals surface area contributed by atoms with Gasteiger partial charge in [-0.1, -0.05) is 38.8 Å². The van der Waals surface area contributed by atoms with Gasteiger partial charge in [-0.2, -0.15) is 0 Å². The number of rotatable bonds is 5. The predicted molar refractivity (Wildman–Crippen MR) is 77.3 cm³/mol. The van der Waals surface area contributed by atoms with Crippen molar-refractivity contribution >= 4 is 37.8 Å². The number of nitrogens with zero attached hydrogens (tertiary/aromatic N) is 1. The zero-order chi connectivity index (χ0) is 12.8. The van der Waals surface area contributed by atoms with E-state index in [4.69, 9.17) is 0 Å². The summed E-state index contributed by atoms with van der Waals surface area (Å²) in [7, 11) is 2.03. The van der Waals surface area contributed by atoms with E-state index in [0.717, 1.165) is 22.0 Å². The average Bonchev–Trinajstić information content (AvgIpc) is 2.27. The van der Waals surface area contributed by atoms with Crippen molar-refractivity contribution in [2.45, 2.75) is 6.92 Å². The predicted octanol–water partition coefficient (Wildman–Crippen LogP) is 2.89. The van der Waals surface area contributed by atoms with Crippen molar-refractivity contribution in [1.82, 2.24) is 10.2 Å². The van der Waals surface area contributed by atoms with E-state index in [-0.39, 0.29) is 5.91 Å². The largest absolute Gasteiger partial charge is 0.351 e. The van der Waals surface area contributed by atoms with Crippen LogP contribution in [-0.4, -0.2) is 37.5 Å². The number of hydrogen-bond donors (Lipinski definition) is 1. The van der Waals surface area contributed by atoms with Crippen molar-refractivity contribution in [1.29, 1.82) is 0 Å². The summed E-state index contributed by atoms with van der Waals surface area (Å²) in [6.45, 7) is 4.59. The lowest BCUT2D eigenvalue weighted by Crippen LogP contribution is -2.32. The van der Waals surface area contributed by atoms with E-state index in [0.29, 0.717) is 12.1 Å². The zero-order valence-electron chi connectivity index (χ0n) is 9.96. The summed E-state index contributed by atoms with van der Waals surface area (Å²) >= 11 is 6.73. The molecule has 0 aromatic heterocycles. The van der Waals surface area contributed by atoms with Crippen LogP contribution in [0, 0.1) is 0 Å². The molecule has 0 spiro atoms. The van der Waals surface area contributed by atoms with Crippen LogP contribution < -0.4 is 5.32 Å². The highest BCUT2D eigenvalue weighted by atomic mass is 79.9. The molecule has 1 aromatic carbocycles. The third-order valence-electron chi connectivity index (χ3n) is 2.44. The number of benzene rings is 1. The van der Waals surface area contributed by atoms with Gasteiger partial charge >= 0.3 is 0 Å². The van der Waals surface area contributed by atoms with Crippen LogP contribution in [0.5, 0.6) is 0 Å². The molecule has 0 fully saturated rings. The van der Waals surface area contributed by atoms with E-state index in [1.54, 1.807) is 0 Å². The molecule has 17 heavy (non-hydrogen) atoms. The first-order valence-electron chi connectivity index (χ1n) is 5.45. The molecule has 0 radical (unpaired) electrons. The first kappa shape index (κ1) is 14.7. The highest BCUT2D eigenvalue weighted by Crippen LogP contribution is 2.19. The molecule has 1 rings (SSSR count). The van der Waals surface area contributed by atoms with Crippen LogP contribution in [0.4, 0.5) is 0 Å². The fourth-order valence-electron chi connectivity index (χ4n) is 1.31. The van der Waals surface area contributed by atoms with E-state index in [1.165, 1.54) is 0 Å². The number of nitrogens with one attached hydrogen (secondary N) is 1. The van der Waals surface area contributed by atoms with Crippen LogP contribution in [0.15, 0.2) is 27.1 Å². The molecule has 5 heteroatoms. The monoisotopic (exact) mass is 362 g/mol. The van der Waals surface area contributed by atoms with Crippen molar-refractivity contribution in [3.63, 3.8) is 0 Å². The van der Waals surface area contributed by atoms with Crippen molar-refractivity contribution in [3.05, 3.63) is 32.7 Å². The van der Waals surface area contributed by atoms with Crippen molar-refractivity contribution < 1.29 is 4.79 Å². The summed E-state index contributed by atoms with van der Waals surface area (Å²) in [6, 6.07) is 5.52. The maximum Gasteiger partial charge on any atom is 0.251 e. The Morgan fingerprint density at radius 3 is 2.41 bits per heavy atom. The molecule has 0 aliphatic rings. The van der Waals surface area contributed by atoms with E-state index in [1.807, 2.05) is 25.2 Å². The summed E-state index contributed by atoms with van der Waals surface area (Å²) in [5, 5.41) is 2.90. The number of carbonyl (C=O) groups excluding carboxylic acids is 1. The molecule has 3 nitrogen and oxygen atoms in total. The summed E-state index contributed by atoms with van der Waals surface area (Å²) in [5.74, 6) is -0.0449. The van der Waals surface area contributed by atoms with Gasteiger partial charge in [-0.15, -0.1) is 0 Å². The van der Waals surface area contributed by atoms with Crippen molar-refractivity contribution in [3.8, 4) is 0 Å². The minimum Gasteiger partial charge on any atom is -0.351 e. The topological polar surface area (TPSA) is 32.3 Å². The second kappa shape index (κ2) is 7.13. The molecule has 0 aliphatic heterocycles. The van der Waals surface area contributed by atoms with Crippen molar-refractivity contribution in [2.24, 2.45) is 0 Å². The molecule has 0 saturated carbocycles. The van der Waals surface area contributed by atoms with Gasteiger partial charge in [-0.3, -0.25) is 4.79 Å². The third kappa shape index (κ3) is 5.19. The summed E-state index contributed by atoms with van der Waals surface area (Å²) in [6.07, 6.45) is 0. The molecule has 0 aliphatic carbocycles. The van der Waals surface area contributed by atoms with Gasteiger partial charge in [0.15, 0.2) is 0 Å². The minimum absolute atomic E-state index is 0.0449. The Bertz CT molecular complexity index is 376. The van der Waals surface area contributed by atoms with Crippen LogP contribution in [0.25, 0.3) is 0 Å². The molecule has 0 bridgehead atoms. The Hall–Kier alpha value is -0.390. The smallest absolute Gasteiger partial charge is 0.251 e. The average molecular weight is 364 g/mol.